The first-order valence-electron chi connectivity index (χ1n) is 7.79. The van der Waals surface area contributed by atoms with E-state index in [1.807, 2.05) is 38.4 Å². The van der Waals surface area contributed by atoms with Crippen molar-refractivity contribution in [3.8, 4) is 5.75 Å². The summed E-state index contributed by atoms with van der Waals surface area (Å²) in [5.74, 6) is 0.885. The minimum atomic E-state index is -0.0303. The van der Waals surface area contributed by atoms with Crippen molar-refractivity contribution >= 4 is 11.6 Å². The van der Waals surface area contributed by atoms with Gasteiger partial charge in [-0.1, -0.05) is 41.9 Å². The fourth-order valence-corrected chi connectivity index (χ4v) is 2.60. The van der Waals surface area contributed by atoms with Gasteiger partial charge < -0.3 is 9.64 Å². The first-order valence-corrected chi connectivity index (χ1v) is 8.17. The Morgan fingerprint density at radius 2 is 1.70 bits per heavy atom. The molecule has 1 unspecified atom stereocenters. The van der Waals surface area contributed by atoms with Crippen molar-refractivity contribution in [1.29, 1.82) is 0 Å². The van der Waals surface area contributed by atoms with Crippen molar-refractivity contribution < 1.29 is 4.74 Å². The summed E-state index contributed by atoms with van der Waals surface area (Å²) in [7, 11) is 6.14. The van der Waals surface area contributed by atoms with Crippen LogP contribution in [0.5, 0.6) is 5.75 Å². The van der Waals surface area contributed by atoms with E-state index in [4.69, 9.17) is 16.3 Å². The summed E-state index contributed by atoms with van der Waals surface area (Å²) < 4.78 is 6.18. The Morgan fingerprint density at radius 1 is 1.00 bits per heavy atom. The highest BCUT2D eigenvalue weighted by molar-refractivity contribution is 6.30. The van der Waals surface area contributed by atoms with Gasteiger partial charge in [0.1, 0.15) is 12.0 Å². The van der Waals surface area contributed by atoms with Gasteiger partial charge in [-0.3, -0.25) is 4.90 Å². The second kappa shape index (κ2) is 8.34. The van der Waals surface area contributed by atoms with Crippen LogP contribution in [0, 0.1) is 0 Å². The summed E-state index contributed by atoms with van der Waals surface area (Å²) in [4.78, 5) is 4.29. The molecule has 2 aromatic rings. The molecule has 23 heavy (non-hydrogen) atoms. The van der Waals surface area contributed by atoms with E-state index in [1.54, 1.807) is 0 Å². The van der Waals surface area contributed by atoms with Crippen LogP contribution in [0.15, 0.2) is 48.5 Å². The zero-order valence-electron chi connectivity index (χ0n) is 14.3. The van der Waals surface area contributed by atoms with E-state index in [9.17, 15) is 0 Å². The summed E-state index contributed by atoms with van der Waals surface area (Å²) >= 11 is 6.12. The number of rotatable bonds is 7. The third-order valence-corrected chi connectivity index (χ3v) is 3.94. The number of ether oxygens (including phenoxy) is 1. The maximum absolute atomic E-state index is 6.18. The molecule has 3 nitrogen and oxygen atoms in total. The van der Waals surface area contributed by atoms with Gasteiger partial charge in [0.15, 0.2) is 0 Å². The lowest BCUT2D eigenvalue weighted by molar-refractivity contribution is 0.0537. The number of hydrogen-bond acceptors (Lipinski definition) is 3. The maximum atomic E-state index is 6.18. The minimum absolute atomic E-state index is 0.0303. The van der Waals surface area contributed by atoms with Crippen LogP contribution in [0.1, 0.15) is 18.1 Å². The van der Waals surface area contributed by atoms with Gasteiger partial charge >= 0.3 is 0 Å². The molecule has 4 heteroatoms. The minimum Gasteiger partial charge on any atom is -0.475 e. The molecule has 0 spiro atoms. The summed E-state index contributed by atoms with van der Waals surface area (Å²) in [5, 5.41) is 0.736. The van der Waals surface area contributed by atoms with Crippen molar-refractivity contribution in [1.82, 2.24) is 9.80 Å². The van der Waals surface area contributed by atoms with E-state index < -0.39 is 0 Å². The molecule has 0 radical (unpaired) electrons. The maximum Gasteiger partial charge on any atom is 0.149 e. The number of benzene rings is 2. The molecule has 0 heterocycles. The third kappa shape index (κ3) is 5.54. The van der Waals surface area contributed by atoms with Gasteiger partial charge in [-0.25, -0.2) is 0 Å². The van der Waals surface area contributed by atoms with Crippen LogP contribution in [-0.2, 0) is 13.1 Å². The lowest BCUT2D eigenvalue weighted by Gasteiger charge is -2.27. The van der Waals surface area contributed by atoms with Crippen molar-refractivity contribution in [2.24, 2.45) is 0 Å². The molecule has 1 atom stereocenters. The van der Waals surface area contributed by atoms with E-state index in [2.05, 4.69) is 48.0 Å². The van der Waals surface area contributed by atoms with Gasteiger partial charge in [0.05, 0.1) is 0 Å². The zero-order valence-corrected chi connectivity index (χ0v) is 15.0. The number of halogens is 1. The average Bonchev–Trinajstić information content (AvgIpc) is 2.50. The van der Waals surface area contributed by atoms with Gasteiger partial charge in [0.2, 0.25) is 0 Å². The molecule has 2 aromatic carbocycles. The van der Waals surface area contributed by atoms with Gasteiger partial charge in [-0.2, -0.15) is 0 Å². The smallest absolute Gasteiger partial charge is 0.149 e. The fourth-order valence-electron chi connectivity index (χ4n) is 2.40. The molecule has 0 amide bonds. The molecule has 0 saturated heterocycles. The predicted octanol–water partition coefficient (Wildman–Crippen LogP) is 4.26. The SMILES string of the molecule is CC(Oc1ccc(Cl)cc1CN(C)C)N(C)Cc1ccccc1. The zero-order chi connectivity index (χ0) is 16.8. The Hall–Kier alpha value is -1.55. The van der Waals surface area contributed by atoms with Crippen LogP contribution >= 0.6 is 11.6 Å². The number of nitrogens with zero attached hydrogens (tertiary/aromatic N) is 2. The molecule has 2 rings (SSSR count). The molecular weight excluding hydrogens is 308 g/mol. The molecular formula is C19H25ClN2O. The Balaban J connectivity index is 2.05. The highest BCUT2D eigenvalue weighted by Crippen LogP contribution is 2.25. The van der Waals surface area contributed by atoms with Crippen LogP contribution in [-0.4, -0.2) is 37.2 Å². The molecule has 0 aromatic heterocycles. The molecule has 0 bridgehead atoms. The lowest BCUT2D eigenvalue weighted by atomic mass is 10.2. The Bertz CT molecular complexity index is 616. The number of hydrogen-bond donors (Lipinski definition) is 0. The van der Waals surface area contributed by atoms with Crippen LogP contribution in [0.2, 0.25) is 5.02 Å². The molecule has 0 aliphatic heterocycles. The summed E-state index contributed by atoms with van der Waals surface area (Å²) in [6.07, 6.45) is -0.0303. The van der Waals surface area contributed by atoms with Crippen LogP contribution < -0.4 is 4.74 Å². The van der Waals surface area contributed by atoms with Crippen molar-refractivity contribution in [2.75, 3.05) is 21.1 Å². The van der Waals surface area contributed by atoms with E-state index in [-0.39, 0.29) is 6.23 Å². The fraction of sp³-hybridized carbons (Fsp3) is 0.368. The normalized spacial score (nSPS) is 12.7. The molecule has 0 N–H and O–H groups in total. The van der Waals surface area contributed by atoms with E-state index in [1.165, 1.54) is 5.56 Å². The Kier molecular flexibility index (Phi) is 6.46. The van der Waals surface area contributed by atoms with E-state index in [0.29, 0.717) is 0 Å². The summed E-state index contributed by atoms with van der Waals surface area (Å²) in [5.41, 5.74) is 2.37. The third-order valence-electron chi connectivity index (χ3n) is 3.70. The molecule has 0 aliphatic rings. The van der Waals surface area contributed by atoms with Gasteiger partial charge in [-0.05, 0) is 51.8 Å². The highest BCUT2D eigenvalue weighted by atomic mass is 35.5. The highest BCUT2D eigenvalue weighted by Gasteiger charge is 2.14. The second-order valence-corrected chi connectivity index (χ2v) is 6.54. The standard InChI is InChI=1S/C19H25ClN2O/c1-15(22(4)13-16-8-6-5-7-9-16)23-19-11-10-18(20)12-17(19)14-21(2)3/h5-12,15H,13-14H2,1-4H3. The van der Waals surface area contributed by atoms with E-state index in [0.717, 1.165) is 29.4 Å². The van der Waals surface area contributed by atoms with E-state index >= 15 is 0 Å². The molecule has 124 valence electrons. The van der Waals surface area contributed by atoms with Crippen molar-refractivity contribution in [3.05, 3.63) is 64.7 Å². The van der Waals surface area contributed by atoms with Gasteiger partial charge in [0, 0.05) is 23.7 Å². The van der Waals surface area contributed by atoms with Crippen LogP contribution in [0.25, 0.3) is 0 Å². The topological polar surface area (TPSA) is 15.7 Å². The Morgan fingerprint density at radius 3 is 2.35 bits per heavy atom. The Labute approximate surface area is 144 Å². The molecule has 0 aliphatic carbocycles. The summed E-state index contributed by atoms with van der Waals surface area (Å²) in [6, 6.07) is 16.2. The van der Waals surface area contributed by atoms with Crippen LogP contribution in [0.4, 0.5) is 0 Å². The van der Waals surface area contributed by atoms with Crippen molar-refractivity contribution in [3.63, 3.8) is 0 Å². The van der Waals surface area contributed by atoms with Gasteiger partial charge in [-0.15, -0.1) is 0 Å². The van der Waals surface area contributed by atoms with Crippen molar-refractivity contribution in [2.45, 2.75) is 26.2 Å². The van der Waals surface area contributed by atoms with Crippen LogP contribution in [0.3, 0.4) is 0 Å². The lowest BCUT2D eigenvalue weighted by Crippen LogP contribution is -2.33. The average molecular weight is 333 g/mol. The predicted molar refractivity (Wildman–Crippen MR) is 96.8 cm³/mol. The monoisotopic (exact) mass is 332 g/mol. The largest absolute Gasteiger partial charge is 0.475 e. The molecule has 0 saturated carbocycles. The summed E-state index contributed by atoms with van der Waals surface area (Å²) in [6.45, 7) is 3.71. The molecule has 0 fully saturated rings. The first-order chi connectivity index (χ1) is 11.0. The van der Waals surface area contributed by atoms with Gasteiger partial charge in [0.25, 0.3) is 0 Å². The quantitative estimate of drug-likeness (QED) is 0.705. The first kappa shape index (κ1) is 17.8. The second-order valence-electron chi connectivity index (χ2n) is 6.11.